The van der Waals surface area contributed by atoms with Gasteiger partial charge in [0.05, 0.1) is 12.8 Å². The van der Waals surface area contributed by atoms with Crippen LogP contribution in [0.2, 0.25) is 5.02 Å². The minimum absolute atomic E-state index is 0.139. The van der Waals surface area contributed by atoms with Crippen molar-refractivity contribution in [3.05, 3.63) is 58.6 Å². The van der Waals surface area contributed by atoms with E-state index in [0.717, 1.165) is 0 Å². The predicted octanol–water partition coefficient (Wildman–Crippen LogP) is 4.24. The Kier molecular flexibility index (Phi) is 4.22. The summed E-state index contributed by atoms with van der Waals surface area (Å²) in [6.45, 7) is 0.139. The molecule has 0 fully saturated rings. The molecule has 0 spiro atoms. The molecule has 1 N–H and O–H groups in total. The Morgan fingerprint density at radius 3 is 2.74 bits per heavy atom. The molecule has 0 saturated heterocycles. The lowest BCUT2D eigenvalue weighted by Gasteiger charge is -2.10. The van der Waals surface area contributed by atoms with Gasteiger partial charge in [-0.05, 0) is 24.3 Å². The third kappa shape index (κ3) is 3.15. The first-order valence-corrected chi connectivity index (χ1v) is 6.00. The van der Waals surface area contributed by atoms with Crippen LogP contribution in [0, 0.1) is 11.6 Å². The average molecular weight is 284 g/mol. The van der Waals surface area contributed by atoms with E-state index in [0.29, 0.717) is 10.6 Å². The molecule has 0 bridgehead atoms. The monoisotopic (exact) mass is 283 g/mol. The van der Waals surface area contributed by atoms with Gasteiger partial charge in [0.15, 0.2) is 11.6 Å². The summed E-state index contributed by atoms with van der Waals surface area (Å²) in [6.07, 6.45) is 0. The van der Waals surface area contributed by atoms with Crippen molar-refractivity contribution in [3.8, 4) is 5.75 Å². The number of methoxy groups -OCH3 is 1. The van der Waals surface area contributed by atoms with Gasteiger partial charge < -0.3 is 10.1 Å². The molecule has 2 rings (SSSR count). The van der Waals surface area contributed by atoms with E-state index in [1.165, 1.54) is 31.4 Å². The highest BCUT2D eigenvalue weighted by atomic mass is 35.5. The molecular formula is C14H12ClF2NO. The van der Waals surface area contributed by atoms with Crippen LogP contribution in [0.15, 0.2) is 36.4 Å². The number of hydrogen-bond donors (Lipinski definition) is 1. The van der Waals surface area contributed by atoms with Crippen LogP contribution in [0.3, 0.4) is 0 Å². The first kappa shape index (κ1) is 13.6. The Balaban J connectivity index is 2.17. The minimum atomic E-state index is -0.458. The summed E-state index contributed by atoms with van der Waals surface area (Å²) in [7, 11) is 1.40. The molecular weight excluding hydrogens is 272 g/mol. The van der Waals surface area contributed by atoms with Gasteiger partial charge in [-0.3, -0.25) is 0 Å². The zero-order valence-corrected chi connectivity index (χ0v) is 11.0. The maximum atomic E-state index is 13.9. The molecule has 0 atom stereocenters. The van der Waals surface area contributed by atoms with Crippen molar-refractivity contribution < 1.29 is 13.5 Å². The van der Waals surface area contributed by atoms with Crippen molar-refractivity contribution in [1.82, 2.24) is 0 Å². The average Bonchev–Trinajstić information content (AvgIpc) is 2.41. The molecule has 2 aromatic rings. The lowest BCUT2D eigenvalue weighted by molar-refractivity contribution is 0.384. The molecule has 100 valence electrons. The maximum Gasteiger partial charge on any atom is 0.170 e. The number of ether oxygens (including phenoxy) is 1. The van der Waals surface area contributed by atoms with Gasteiger partial charge in [-0.25, -0.2) is 8.78 Å². The molecule has 0 amide bonds. The summed E-state index contributed by atoms with van der Waals surface area (Å²) >= 11 is 5.78. The zero-order chi connectivity index (χ0) is 13.8. The summed E-state index contributed by atoms with van der Waals surface area (Å²) in [5, 5.41) is 3.22. The van der Waals surface area contributed by atoms with Gasteiger partial charge >= 0.3 is 0 Å². The van der Waals surface area contributed by atoms with E-state index in [9.17, 15) is 8.78 Å². The molecule has 0 saturated carbocycles. The molecule has 0 aliphatic carbocycles. The van der Waals surface area contributed by atoms with E-state index in [2.05, 4.69) is 5.32 Å². The summed E-state index contributed by atoms with van der Waals surface area (Å²) in [5.41, 5.74) is 0.619. The molecule has 0 unspecified atom stereocenters. The van der Waals surface area contributed by atoms with Gasteiger partial charge in [-0.2, -0.15) is 0 Å². The van der Waals surface area contributed by atoms with E-state index in [-0.39, 0.29) is 18.0 Å². The van der Waals surface area contributed by atoms with Gasteiger partial charge in [-0.1, -0.05) is 23.7 Å². The van der Waals surface area contributed by atoms with Crippen LogP contribution < -0.4 is 10.1 Å². The summed E-state index contributed by atoms with van der Waals surface area (Å²) in [4.78, 5) is 0. The fourth-order valence-electron chi connectivity index (χ4n) is 1.67. The molecule has 19 heavy (non-hydrogen) atoms. The van der Waals surface area contributed by atoms with Crippen LogP contribution in [-0.2, 0) is 6.54 Å². The van der Waals surface area contributed by atoms with E-state index >= 15 is 0 Å². The standard InChI is InChI=1S/C14H12ClF2NO/c1-19-13-4-2-3-9(14(13)17)8-18-12-7-10(15)5-6-11(12)16/h2-7,18H,8H2,1H3. The van der Waals surface area contributed by atoms with Crippen LogP contribution in [0.25, 0.3) is 0 Å². The van der Waals surface area contributed by atoms with Gasteiger partial charge in [0.25, 0.3) is 0 Å². The van der Waals surface area contributed by atoms with Gasteiger partial charge in [0.2, 0.25) is 0 Å². The van der Waals surface area contributed by atoms with Gasteiger partial charge in [0.1, 0.15) is 5.82 Å². The van der Waals surface area contributed by atoms with E-state index < -0.39 is 11.6 Å². The summed E-state index contributed by atoms with van der Waals surface area (Å²) < 4.78 is 32.2. The van der Waals surface area contributed by atoms with E-state index in [1.54, 1.807) is 12.1 Å². The zero-order valence-electron chi connectivity index (χ0n) is 10.2. The van der Waals surface area contributed by atoms with Crippen LogP contribution in [0.5, 0.6) is 5.75 Å². The molecule has 0 aromatic heterocycles. The largest absolute Gasteiger partial charge is 0.494 e. The SMILES string of the molecule is COc1cccc(CNc2cc(Cl)ccc2F)c1F. The quantitative estimate of drug-likeness (QED) is 0.906. The Hall–Kier alpha value is -1.81. The number of rotatable bonds is 4. The smallest absolute Gasteiger partial charge is 0.170 e. The number of halogens is 3. The number of hydrogen-bond acceptors (Lipinski definition) is 2. The maximum absolute atomic E-state index is 13.9. The minimum Gasteiger partial charge on any atom is -0.494 e. The Morgan fingerprint density at radius 2 is 2.00 bits per heavy atom. The number of anilines is 1. The molecule has 0 aliphatic rings. The predicted molar refractivity (Wildman–Crippen MR) is 71.7 cm³/mol. The van der Waals surface area contributed by atoms with Gasteiger partial charge in [-0.15, -0.1) is 0 Å². The second kappa shape index (κ2) is 5.89. The van der Waals surface area contributed by atoms with E-state index in [4.69, 9.17) is 16.3 Å². The second-order valence-corrected chi connectivity index (χ2v) is 4.35. The molecule has 2 aromatic carbocycles. The highest BCUT2D eigenvalue weighted by Gasteiger charge is 2.09. The van der Waals surface area contributed by atoms with Crippen molar-refractivity contribution in [2.45, 2.75) is 6.54 Å². The summed E-state index contributed by atoms with van der Waals surface area (Å²) in [6, 6.07) is 8.97. The van der Waals surface area contributed by atoms with Crippen molar-refractivity contribution in [1.29, 1.82) is 0 Å². The normalized spacial score (nSPS) is 10.3. The third-order valence-electron chi connectivity index (χ3n) is 2.66. The molecule has 0 heterocycles. The topological polar surface area (TPSA) is 21.3 Å². The van der Waals surface area contributed by atoms with Crippen LogP contribution in [0.1, 0.15) is 5.56 Å². The highest BCUT2D eigenvalue weighted by molar-refractivity contribution is 6.30. The Morgan fingerprint density at radius 1 is 1.21 bits per heavy atom. The van der Waals surface area contributed by atoms with Crippen LogP contribution in [0.4, 0.5) is 14.5 Å². The van der Waals surface area contributed by atoms with Crippen molar-refractivity contribution >= 4 is 17.3 Å². The summed E-state index contributed by atoms with van der Waals surface area (Å²) in [5.74, 6) is -0.737. The Bertz CT molecular complexity index is 590. The highest BCUT2D eigenvalue weighted by Crippen LogP contribution is 2.23. The Labute approximate surface area is 115 Å². The molecule has 5 heteroatoms. The first-order valence-electron chi connectivity index (χ1n) is 5.62. The van der Waals surface area contributed by atoms with E-state index in [1.807, 2.05) is 0 Å². The van der Waals surface area contributed by atoms with Gasteiger partial charge in [0, 0.05) is 17.1 Å². The van der Waals surface area contributed by atoms with Crippen molar-refractivity contribution in [2.24, 2.45) is 0 Å². The van der Waals surface area contributed by atoms with Crippen molar-refractivity contribution in [3.63, 3.8) is 0 Å². The molecule has 2 nitrogen and oxygen atoms in total. The van der Waals surface area contributed by atoms with Crippen LogP contribution >= 0.6 is 11.6 Å². The molecule has 0 radical (unpaired) electrons. The first-order chi connectivity index (χ1) is 9.11. The lowest BCUT2D eigenvalue weighted by atomic mass is 10.2. The third-order valence-corrected chi connectivity index (χ3v) is 2.90. The fourth-order valence-corrected chi connectivity index (χ4v) is 1.85. The fraction of sp³-hybridized carbons (Fsp3) is 0.143. The van der Waals surface area contributed by atoms with Crippen molar-refractivity contribution in [2.75, 3.05) is 12.4 Å². The lowest BCUT2D eigenvalue weighted by Crippen LogP contribution is -2.04. The second-order valence-electron chi connectivity index (χ2n) is 3.91. The van der Waals surface area contributed by atoms with Crippen LogP contribution in [-0.4, -0.2) is 7.11 Å². The number of nitrogens with one attached hydrogen (secondary N) is 1. The number of benzene rings is 2. The molecule has 0 aliphatic heterocycles.